The minimum Gasteiger partial charge on any atom is -0.391 e. The monoisotopic (exact) mass is 140 g/mol. The van der Waals surface area contributed by atoms with Crippen LogP contribution in [0.25, 0.3) is 0 Å². The van der Waals surface area contributed by atoms with Gasteiger partial charge in [0.25, 0.3) is 0 Å². The van der Waals surface area contributed by atoms with E-state index in [4.69, 9.17) is 28.3 Å². The molecular formula is C4H6Cl2O. The van der Waals surface area contributed by atoms with Gasteiger partial charge in [0, 0.05) is 5.03 Å². The van der Waals surface area contributed by atoms with Gasteiger partial charge in [0.05, 0.1) is 11.6 Å². The molecule has 0 rings (SSSR count). The van der Waals surface area contributed by atoms with Gasteiger partial charge in [0.1, 0.15) is 0 Å². The first-order chi connectivity index (χ1) is 3.18. The SMILES string of the molecule is C/C(Cl)=C(\Cl)CO. The molecule has 0 bridgehead atoms. The summed E-state index contributed by atoms with van der Waals surface area (Å²) in [4.78, 5) is 0. The Morgan fingerprint density at radius 3 is 2.00 bits per heavy atom. The third-order valence-corrected chi connectivity index (χ3v) is 1.24. The van der Waals surface area contributed by atoms with E-state index < -0.39 is 0 Å². The standard InChI is InChI=1S/C4H6Cl2O/c1-3(5)4(6)2-7/h7H,2H2,1H3/b4-3+. The predicted molar refractivity (Wildman–Crippen MR) is 31.5 cm³/mol. The molecule has 7 heavy (non-hydrogen) atoms. The molecule has 0 spiro atoms. The first kappa shape index (κ1) is 7.28. The van der Waals surface area contributed by atoms with Crippen molar-refractivity contribution in [3.05, 3.63) is 10.1 Å². The summed E-state index contributed by atoms with van der Waals surface area (Å²) in [5.74, 6) is 0. The Balaban J connectivity index is 3.72. The minimum atomic E-state index is -0.170. The van der Waals surface area contributed by atoms with Gasteiger partial charge >= 0.3 is 0 Å². The Morgan fingerprint density at radius 2 is 2.00 bits per heavy atom. The molecule has 0 saturated carbocycles. The van der Waals surface area contributed by atoms with Crippen LogP contribution in [0.15, 0.2) is 10.1 Å². The lowest BCUT2D eigenvalue weighted by molar-refractivity contribution is 0.338. The molecule has 0 amide bonds. The van der Waals surface area contributed by atoms with E-state index in [2.05, 4.69) is 0 Å². The summed E-state index contributed by atoms with van der Waals surface area (Å²) in [6.45, 7) is 1.46. The van der Waals surface area contributed by atoms with Gasteiger partial charge < -0.3 is 5.11 Å². The van der Waals surface area contributed by atoms with Gasteiger partial charge in [0.15, 0.2) is 0 Å². The highest BCUT2D eigenvalue weighted by molar-refractivity contribution is 6.38. The number of aliphatic hydroxyl groups is 1. The molecule has 0 aromatic rings. The van der Waals surface area contributed by atoms with Crippen molar-refractivity contribution >= 4 is 23.2 Å². The van der Waals surface area contributed by atoms with Crippen LogP contribution < -0.4 is 0 Å². The summed E-state index contributed by atoms with van der Waals surface area (Å²) < 4.78 is 0. The van der Waals surface area contributed by atoms with Crippen molar-refractivity contribution in [2.24, 2.45) is 0 Å². The molecule has 0 saturated heterocycles. The zero-order valence-electron chi connectivity index (χ0n) is 3.91. The number of hydrogen-bond acceptors (Lipinski definition) is 1. The van der Waals surface area contributed by atoms with Crippen LogP contribution >= 0.6 is 23.2 Å². The summed E-state index contributed by atoms with van der Waals surface area (Å²) in [5.41, 5.74) is 0. The Bertz CT molecular complexity index is 83.7. The van der Waals surface area contributed by atoms with Crippen LogP contribution in [0.2, 0.25) is 0 Å². The zero-order chi connectivity index (χ0) is 5.86. The van der Waals surface area contributed by atoms with Crippen molar-refractivity contribution in [2.75, 3.05) is 6.61 Å². The number of rotatable bonds is 1. The number of allylic oxidation sites excluding steroid dienone is 1. The van der Waals surface area contributed by atoms with Crippen molar-refractivity contribution in [1.29, 1.82) is 0 Å². The fraction of sp³-hybridized carbons (Fsp3) is 0.500. The lowest BCUT2D eigenvalue weighted by Gasteiger charge is -1.88. The molecule has 0 unspecified atom stereocenters. The Kier molecular flexibility index (Phi) is 3.44. The first-order valence-electron chi connectivity index (χ1n) is 1.80. The van der Waals surface area contributed by atoms with E-state index in [-0.39, 0.29) is 6.61 Å². The molecule has 42 valence electrons. The van der Waals surface area contributed by atoms with Gasteiger partial charge in [-0.2, -0.15) is 0 Å². The molecule has 0 atom stereocenters. The van der Waals surface area contributed by atoms with Crippen LogP contribution in [0.5, 0.6) is 0 Å². The van der Waals surface area contributed by atoms with E-state index in [0.717, 1.165) is 0 Å². The fourth-order valence-corrected chi connectivity index (χ4v) is 0.169. The number of halogens is 2. The molecule has 1 nitrogen and oxygen atoms in total. The third-order valence-electron chi connectivity index (χ3n) is 0.513. The summed E-state index contributed by atoms with van der Waals surface area (Å²) in [6.07, 6.45) is 0. The Morgan fingerprint density at radius 1 is 1.57 bits per heavy atom. The Labute approximate surface area is 52.5 Å². The topological polar surface area (TPSA) is 20.2 Å². The zero-order valence-corrected chi connectivity index (χ0v) is 5.42. The number of hydrogen-bond donors (Lipinski definition) is 1. The smallest absolute Gasteiger partial charge is 0.0799 e. The molecule has 0 aromatic carbocycles. The van der Waals surface area contributed by atoms with E-state index in [1.54, 1.807) is 6.92 Å². The van der Waals surface area contributed by atoms with Crippen LogP contribution in [-0.2, 0) is 0 Å². The summed E-state index contributed by atoms with van der Waals surface area (Å²) in [6, 6.07) is 0. The molecule has 0 aliphatic heterocycles. The molecule has 0 radical (unpaired) electrons. The summed E-state index contributed by atoms with van der Waals surface area (Å²) in [7, 11) is 0. The lowest BCUT2D eigenvalue weighted by atomic mass is 10.5. The van der Waals surface area contributed by atoms with Crippen molar-refractivity contribution < 1.29 is 5.11 Å². The second-order valence-electron chi connectivity index (χ2n) is 1.10. The lowest BCUT2D eigenvalue weighted by Crippen LogP contribution is -1.80. The molecule has 0 fully saturated rings. The van der Waals surface area contributed by atoms with Gasteiger partial charge in [-0.05, 0) is 6.92 Å². The quantitative estimate of drug-likeness (QED) is 0.588. The van der Waals surface area contributed by atoms with Crippen LogP contribution in [-0.4, -0.2) is 11.7 Å². The molecular weight excluding hydrogens is 135 g/mol. The highest BCUT2D eigenvalue weighted by Gasteiger charge is 1.89. The van der Waals surface area contributed by atoms with Gasteiger partial charge in [-0.1, -0.05) is 23.2 Å². The second kappa shape index (κ2) is 3.30. The average Bonchev–Trinajstić information content (AvgIpc) is 1.65. The molecule has 3 heteroatoms. The van der Waals surface area contributed by atoms with Gasteiger partial charge in [0.2, 0.25) is 0 Å². The van der Waals surface area contributed by atoms with Crippen LogP contribution in [0.1, 0.15) is 6.92 Å². The van der Waals surface area contributed by atoms with Crippen LogP contribution in [0.3, 0.4) is 0 Å². The van der Waals surface area contributed by atoms with E-state index >= 15 is 0 Å². The highest BCUT2D eigenvalue weighted by Crippen LogP contribution is 2.10. The van der Waals surface area contributed by atoms with Crippen molar-refractivity contribution in [3.8, 4) is 0 Å². The fourth-order valence-electron chi connectivity index (χ4n) is 0.109. The Hall–Kier alpha value is 0.280. The van der Waals surface area contributed by atoms with Crippen molar-refractivity contribution in [3.63, 3.8) is 0 Å². The number of aliphatic hydroxyl groups excluding tert-OH is 1. The first-order valence-corrected chi connectivity index (χ1v) is 2.55. The van der Waals surface area contributed by atoms with Crippen LogP contribution in [0, 0.1) is 0 Å². The van der Waals surface area contributed by atoms with E-state index in [0.29, 0.717) is 10.1 Å². The van der Waals surface area contributed by atoms with Gasteiger partial charge in [-0.3, -0.25) is 0 Å². The summed E-state index contributed by atoms with van der Waals surface area (Å²) >= 11 is 10.6. The summed E-state index contributed by atoms with van der Waals surface area (Å²) in [5, 5.41) is 8.99. The second-order valence-corrected chi connectivity index (χ2v) is 2.12. The molecule has 0 aliphatic rings. The van der Waals surface area contributed by atoms with E-state index in [1.165, 1.54) is 0 Å². The third kappa shape index (κ3) is 2.92. The molecule has 1 N–H and O–H groups in total. The highest BCUT2D eigenvalue weighted by atomic mass is 35.5. The van der Waals surface area contributed by atoms with Gasteiger partial charge in [-0.15, -0.1) is 0 Å². The normalized spacial score (nSPS) is 13.7. The maximum Gasteiger partial charge on any atom is 0.0799 e. The van der Waals surface area contributed by atoms with Gasteiger partial charge in [-0.25, -0.2) is 0 Å². The molecule has 0 aliphatic carbocycles. The minimum absolute atomic E-state index is 0.170. The maximum atomic E-state index is 8.23. The molecule has 0 heterocycles. The van der Waals surface area contributed by atoms with Crippen molar-refractivity contribution in [1.82, 2.24) is 0 Å². The van der Waals surface area contributed by atoms with E-state index in [9.17, 15) is 0 Å². The largest absolute Gasteiger partial charge is 0.391 e. The van der Waals surface area contributed by atoms with Crippen LogP contribution in [0.4, 0.5) is 0 Å². The average molecular weight is 141 g/mol. The van der Waals surface area contributed by atoms with E-state index in [1.807, 2.05) is 0 Å². The predicted octanol–water partition coefficient (Wildman–Crippen LogP) is 1.69. The maximum absolute atomic E-state index is 8.23. The van der Waals surface area contributed by atoms with Crippen molar-refractivity contribution in [2.45, 2.75) is 6.92 Å². The molecule has 0 aromatic heterocycles.